The predicted octanol–water partition coefficient (Wildman–Crippen LogP) is 3.12. The molecule has 0 N–H and O–H groups in total. The van der Waals surface area contributed by atoms with E-state index in [4.69, 9.17) is 0 Å². The smallest absolute Gasteiger partial charge is 0.00671 e. The summed E-state index contributed by atoms with van der Waals surface area (Å²) >= 11 is 0. The first-order valence-corrected chi connectivity index (χ1v) is 4.60. The van der Waals surface area contributed by atoms with E-state index in [1.54, 1.807) is 0 Å². The minimum Gasteiger partial charge on any atom is -0.0995 e. The Kier molecular flexibility index (Phi) is 1.99. The fraction of sp³-hybridized carbons (Fsp3) is 0.333. The predicted molar refractivity (Wildman–Crippen MR) is 52.2 cm³/mol. The summed E-state index contributed by atoms with van der Waals surface area (Å²) in [6.45, 7) is 4.07. The van der Waals surface area contributed by atoms with Crippen LogP contribution >= 0.6 is 0 Å². The highest BCUT2D eigenvalue weighted by molar-refractivity contribution is 5.32. The van der Waals surface area contributed by atoms with Crippen molar-refractivity contribution >= 4 is 0 Å². The van der Waals surface area contributed by atoms with Crippen LogP contribution in [0.15, 0.2) is 36.4 Å². The topological polar surface area (TPSA) is 0 Å². The van der Waals surface area contributed by atoms with Crippen molar-refractivity contribution < 1.29 is 0 Å². The summed E-state index contributed by atoms with van der Waals surface area (Å²) in [6, 6.07) is 8.73. The minimum atomic E-state index is 1.09. The lowest BCUT2D eigenvalue weighted by molar-refractivity contribution is 0.828. The number of fused-ring (bicyclic) bond motifs is 1. The van der Waals surface area contributed by atoms with Crippen LogP contribution in [0.2, 0.25) is 0 Å². The molecule has 0 unspecified atom stereocenters. The number of aryl methyl sites for hydroxylation is 1. The van der Waals surface area contributed by atoms with Crippen LogP contribution in [0.4, 0.5) is 0 Å². The molecule has 1 aliphatic carbocycles. The number of allylic oxidation sites excluding steroid dienone is 1. The van der Waals surface area contributed by atoms with Gasteiger partial charge in [-0.3, -0.25) is 0 Å². The Hall–Kier alpha value is -1.04. The summed E-state index contributed by atoms with van der Waals surface area (Å²) in [5.74, 6) is 0. The third-order valence-electron chi connectivity index (χ3n) is 2.54. The van der Waals surface area contributed by atoms with Crippen LogP contribution in [-0.4, -0.2) is 0 Å². The summed E-state index contributed by atoms with van der Waals surface area (Å²) in [6.07, 6.45) is 4.80. The third-order valence-corrected chi connectivity index (χ3v) is 2.54. The van der Waals surface area contributed by atoms with Gasteiger partial charge in [-0.2, -0.15) is 0 Å². The van der Waals surface area contributed by atoms with Crippen LogP contribution in [0.3, 0.4) is 0 Å². The molecule has 0 aromatic heterocycles. The Bertz CT molecular complexity index is 297. The molecule has 1 aromatic carbocycles. The first-order valence-electron chi connectivity index (χ1n) is 4.60. The average Bonchev–Trinajstić information content (AvgIpc) is 2.25. The Morgan fingerprint density at radius 2 is 1.75 bits per heavy atom. The Morgan fingerprint density at radius 3 is 2.58 bits per heavy atom. The fourth-order valence-corrected chi connectivity index (χ4v) is 1.86. The average molecular weight is 158 g/mol. The van der Waals surface area contributed by atoms with Crippen LogP contribution in [0, 0.1) is 0 Å². The molecule has 1 aliphatic rings. The molecule has 0 saturated heterocycles. The van der Waals surface area contributed by atoms with E-state index in [0.29, 0.717) is 0 Å². The lowest BCUT2D eigenvalue weighted by Gasteiger charge is -2.03. The van der Waals surface area contributed by atoms with E-state index in [0.717, 1.165) is 6.42 Å². The molecule has 0 fully saturated rings. The van der Waals surface area contributed by atoms with E-state index < -0.39 is 0 Å². The molecule has 0 saturated carbocycles. The second-order valence-corrected chi connectivity index (χ2v) is 3.55. The zero-order chi connectivity index (χ0) is 8.39. The molecule has 0 bridgehead atoms. The van der Waals surface area contributed by atoms with Crippen LogP contribution in [0.1, 0.15) is 24.0 Å². The molecule has 0 heteroatoms. The zero-order valence-electron chi connectivity index (χ0n) is 7.34. The fourth-order valence-electron chi connectivity index (χ4n) is 1.86. The van der Waals surface area contributed by atoms with Crippen molar-refractivity contribution in [2.45, 2.75) is 25.7 Å². The highest BCUT2D eigenvalue weighted by Gasteiger charge is 2.08. The quantitative estimate of drug-likeness (QED) is 0.402. The first-order chi connectivity index (χ1) is 5.86. The molecule has 12 heavy (non-hydrogen) atoms. The standard InChI is InChI=1S/C12H14/c1-10-5-4-8-11-6-2-3-7-12(11)9-10/h2-3,6-7H,1,4-5,8-9H2. The van der Waals surface area contributed by atoms with E-state index >= 15 is 0 Å². The Balaban J connectivity index is 2.37. The van der Waals surface area contributed by atoms with Gasteiger partial charge in [-0.05, 0) is 36.8 Å². The monoisotopic (exact) mass is 158 g/mol. The van der Waals surface area contributed by atoms with Gasteiger partial charge in [-0.25, -0.2) is 0 Å². The molecule has 62 valence electrons. The van der Waals surface area contributed by atoms with Crippen molar-refractivity contribution in [1.82, 2.24) is 0 Å². The molecule has 0 spiro atoms. The van der Waals surface area contributed by atoms with Crippen LogP contribution < -0.4 is 0 Å². The second-order valence-electron chi connectivity index (χ2n) is 3.55. The van der Waals surface area contributed by atoms with Gasteiger partial charge in [0, 0.05) is 0 Å². The van der Waals surface area contributed by atoms with Gasteiger partial charge in [-0.1, -0.05) is 36.4 Å². The summed E-state index contributed by atoms with van der Waals surface area (Å²) in [5, 5.41) is 0. The number of benzene rings is 1. The van der Waals surface area contributed by atoms with Crippen molar-refractivity contribution in [3.63, 3.8) is 0 Å². The maximum atomic E-state index is 4.07. The van der Waals surface area contributed by atoms with Crippen molar-refractivity contribution in [3.8, 4) is 0 Å². The molecule has 1 aromatic rings. The van der Waals surface area contributed by atoms with Crippen LogP contribution in [0.25, 0.3) is 0 Å². The maximum Gasteiger partial charge on any atom is -0.00671 e. The van der Waals surface area contributed by atoms with E-state index in [9.17, 15) is 0 Å². The van der Waals surface area contributed by atoms with Gasteiger partial charge in [0.1, 0.15) is 0 Å². The number of hydrogen-bond acceptors (Lipinski definition) is 0. The SMILES string of the molecule is C=C1CCCc2ccccc2C1. The summed E-state index contributed by atoms with van der Waals surface area (Å²) in [7, 11) is 0. The first kappa shape index (κ1) is 7.60. The van der Waals surface area contributed by atoms with Crippen LogP contribution in [-0.2, 0) is 12.8 Å². The van der Waals surface area contributed by atoms with E-state index in [1.165, 1.54) is 36.0 Å². The van der Waals surface area contributed by atoms with Gasteiger partial charge in [0.2, 0.25) is 0 Å². The molecule has 0 nitrogen and oxygen atoms in total. The molecular weight excluding hydrogens is 144 g/mol. The third kappa shape index (κ3) is 1.42. The lowest BCUT2D eigenvalue weighted by Crippen LogP contribution is -1.89. The zero-order valence-corrected chi connectivity index (χ0v) is 7.34. The van der Waals surface area contributed by atoms with Crippen molar-refractivity contribution in [1.29, 1.82) is 0 Å². The second kappa shape index (κ2) is 3.14. The van der Waals surface area contributed by atoms with E-state index in [1.807, 2.05) is 0 Å². The van der Waals surface area contributed by atoms with Gasteiger partial charge < -0.3 is 0 Å². The molecule has 0 amide bonds. The maximum absolute atomic E-state index is 4.07. The van der Waals surface area contributed by atoms with Gasteiger partial charge in [0.05, 0.1) is 0 Å². The molecule has 0 radical (unpaired) electrons. The molecule has 0 aliphatic heterocycles. The van der Waals surface area contributed by atoms with E-state index in [-0.39, 0.29) is 0 Å². The highest BCUT2D eigenvalue weighted by atomic mass is 14.1. The highest BCUT2D eigenvalue weighted by Crippen LogP contribution is 2.22. The van der Waals surface area contributed by atoms with Crippen molar-refractivity contribution in [2.24, 2.45) is 0 Å². The van der Waals surface area contributed by atoms with Crippen molar-refractivity contribution in [2.75, 3.05) is 0 Å². The minimum absolute atomic E-state index is 1.09. The largest absolute Gasteiger partial charge is 0.0995 e. The normalized spacial score (nSPS) is 16.8. The summed E-state index contributed by atoms with van der Waals surface area (Å²) in [4.78, 5) is 0. The molecule has 0 atom stereocenters. The summed E-state index contributed by atoms with van der Waals surface area (Å²) < 4.78 is 0. The number of rotatable bonds is 0. The van der Waals surface area contributed by atoms with E-state index in [2.05, 4.69) is 30.8 Å². The lowest BCUT2D eigenvalue weighted by atomic mass is 10.0. The molecular formula is C12H14. The number of hydrogen-bond donors (Lipinski definition) is 0. The van der Waals surface area contributed by atoms with Gasteiger partial charge in [0.15, 0.2) is 0 Å². The Morgan fingerprint density at radius 1 is 1.00 bits per heavy atom. The van der Waals surface area contributed by atoms with Crippen LogP contribution in [0.5, 0.6) is 0 Å². The van der Waals surface area contributed by atoms with Crippen molar-refractivity contribution in [3.05, 3.63) is 47.5 Å². The van der Waals surface area contributed by atoms with Gasteiger partial charge in [0.25, 0.3) is 0 Å². The molecule has 2 rings (SSSR count). The molecule has 0 heterocycles. The summed E-state index contributed by atoms with van der Waals surface area (Å²) in [5.41, 5.74) is 4.40. The van der Waals surface area contributed by atoms with Gasteiger partial charge >= 0.3 is 0 Å². The van der Waals surface area contributed by atoms with Gasteiger partial charge in [-0.15, -0.1) is 0 Å². The Labute approximate surface area is 73.9 Å².